The van der Waals surface area contributed by atoms with Crippen molar-refractivity contribution >= 4 is 16.8 Å². The Morgan fingerprint density at radius 3 is 2.53 bits per heavy atom. The fourth-order valence-electron chi connectivity index (χ4n) is 1.57. The Hall–Kier alpha value is -1.84. The van der Waals surface area contributed by atoms with Gasteiger partial charge in [0.15, 0.2) is 11.6 Å². The number of nitrogens with zero attached hydrogens (tertiary/aromatic N) is 1. The summed E-state index contributed by atoms with van der Waals surface area (Å²) in [5.41, 5.74) is 0.556. The van der Waals surface area contributed by atoms with Crippen LogP contribution < -0.4 is 4.74 Å². The number of ether oxygens (including phenoxy) is 1. The summed E-state index contributed by atoms with van der Waals surface area (Å²) in [4.78, 5) is 11.2. The van der Waals surface area contributed by atoms with E-state index in [1.54, 1.807) is 18.3 Å². The van der Waals surface area contributed by atoms with Crippen molar-refractivity contribution in [1.82, 2.24) is 4.57 Å². The van der Waals surface area contributed by atoms with E-state index < -0.39 is 5.82 Å². The Labute approximate surface area is 99.8 Å². The van der Waals surface area contributed by atoms with Crippen LogP contribution in [0.4, 0.5) is 4.39 Å². The summed E-state index contributed by atoms with van der Waals surface area (Å²) >= 11 is 0. The second kappa shape index (κ2) is 5.48. The minimum atomic E-state index is -0.466. The number of halogens is 1. The first-order valence-electron chi connectivity index (χ1n) is 5.49. The molecule has 2 aromatic rings. The number of hydrogen-bond acceptors (Lipinski definition) is 2. The minimum absolute atomic E-state index is 0.144. The molecule has 0 aliphatic heterocycles. The maximum absolute atomic E-state index is 13.4. The van der Waals surface area contributed by atoms with Crippen LogP contribution in [-0.4, -0.2) is 17.6 Å². The van der Waals surface area contributed by atoms with E-state index in [9.17, 15) is 9.18 Å². The third-order valence-corrected chi connectivity index (χ3v) is 2.30. The van der Waals surface area contributed by atoms with E-state index in [-0.39, 0.29) is 11.7 Å². The molecular formula is C13H16FNO2. The van der Waals surface area contributed by atoms with E-state index in [0.29, 0.717) is 5.52 Å². The maximum Gasteiger partial charge on any atom is 0.227 e. The van der Waals surface area contributed by atoms with E-state index >= 15 is 0 Å². The van der Waals surface area contributed by atoms with Gasteiger partial charge in [-0.25, -0.2) is 4.39 Å². The SMILES string of the molecule is CC.COc1cc2ccn(C(C)=O)c2cc1F. The highest BCUT2D eigenvalue weighted by Crippen LogP contribution is 2.25. The molecule has 2 rings (SSSR count). The maximum atomic E-state index is 13.4. The normalized spacial score (nSPS) is 9.71. The molecule has 0 saturated heterocycles. The number of benzene rings is 1. The molecule has 3 nitrogen and oxygen atoms in total. The quantitative estimate of drug-likeness (QED) is 0.760. The monoisotopic (exact) mass is 237 g/mol. The van der Waals surface area contributed by atoms with Crippen LogP contribution in [0.1, 0.15) is 25.6 Å². The van der Waals surface area contributed by atoms with Gasteiger partial charge in [0.2, 0.25) is 5.91 Å². The van der Waals surface area contributed by atoms with Gasteiger partial charge < -0.3 is 4.74 Å². The van der Waals surface area contributed by atoms with Gasteiger partial charge in [-0.05, 0) is 12.1 Å². The summed E-state index contributed by atoms with van der Waals surface area (Å²) in [6.45, 7) is 5.43. The molecule has 1 heterocycles. The third kappa shape index (κ3) is 2.46. The summed E-state index contributed by atoms with van der Waals surface area (Å²) in [6, 6.07) is 4.62. The molecule has 1 aromatic heterocycles. The van der Waals surface area contributed by atoms with Gasteiger partial charge in [0.25, 0.3) is 0 Å². The molecule has 0 N–H and O–H groups in total. The molecule has 4 heteroatoms. The lowest BCUT2D eigenvalue weighted by Gasteiger charge is -2.03. The van der Waals surface area contributed by atoms with Crippen molar-refractivity contribution in [3.8, 4) is 5.75 Å². The summed E-state index contributed by atoms with van der Waals surface area (Å²) in [5, 5.41) is 0.781. The van der Waals surface area contributed by atoms with Crippen molar-refractivity contribution in [2.75, 3.05) is 7.11 Å². The third-order valence-electron chi connectivity index (χ3n) is 2.30. The summed E-state index contributed by atoms with van der Waals surface area (Å²) in [5.74, 6) is -0.426. The second-order valence-corrected chi connectivity index (χ2v) is 3.25. The largest absolute Gasteiger partial charge is 0.494 e. The van der Waals surface area contributed by atoms with Gasteiger partial charge in [0, 0.05) is 24.6 Å². The zero-order valence-corrected chi connectivity index (χ0v) is 10.5. The van der Waals surface area contributed by atoms with Gasteiger partial charge in [-0.15, -0.1) is 0 Å². The average Bonchev–Trinajstić information content (AvgIpc) is 2.73. The van der Waals surface area contributed by atoms with E-state index in [4.69, 9.17) is 4.74 Å². The molecule has 0 saturated carbocycles. The number of aromatic nitrogens is 1. The first kappa shape index (κ1) is 13.2. The summed E-state index contributed by atoms with van der Waals surface area (Å²) in [6.07, 6.45) is 1.62. The van der Waals surface area contributed by atoms with Crippen LogP contribution in [0.25, 0.3) is 10.9 Å². The van der Waals surface area contributed by atoms with Gasteiger partial charge >= 0.3 is 0 Å². The van der Waals surface area contributed by atoms with E-state index in [0.717, 1.165) is 5.39 Å². The molecule has 92 valence electrons. The van der Waals surface area contributed by atoms with Crippen LogP contribution in [0.2, 0.25) is 0 Å². The standard InChI is InChI=1S/C11H10FNO2.C2H6/c1-7(14)13-4-3-8-5-11(15-2)9(12)6-10(8)13;1-2/h3-6H,1-2H3;1-2H3. The zero-order chi connectivity index (χ0) is 13.0. The van der Waals surface area contributed by atoms with Crippen molar-refractivity contribution < 1.29 is 13.9 Å². The molecule has 0 bridgehead atoms. The molecule has 0 aliphatic rings. The fraction of sp³-hybridized carbons (Fsp3) is 0.308. The fourth-order valence-corrected chi connectivity index (χ4v) is 1.57. The number of carbonyl (C=O) groups excluding carboxylic acids is 1. The Morgan fingerprint density at radius 1 is 1.35 bits per heavy atom. The molecular weight excluding hydrogens is 221 g/mol. The lowest BCUT2D eigenvalue weighted by atomic mass is 10.2. The molecule has 1 aromatic carbocycles. The van der Waals surface area contributed by atoms with Crippen molar-refractivity contribution in [3.63, 3.8) is 0 Å². The van der Waals surface area contributed by atoms with Gasteiger partial charge in [-0.1, -0.05) is 13.8 Å². The molecule has 0 fully saturated rings. The topological polar surface area (TPSA) is 31.2 Å². The smallest absolute Gasteiger partial charge is 0.227 e. The molecule has 0 atom stereocenters. The Kier molecular flexibility index (Phi) is 4.26. The number of methoxy groups -OCH3 is 1. The van der Waals surface area contributed by atoms with E-state index in [2.05, 4.69) is 0 Å². The predicted molar refractivity (Wildman–Crippen MR) is 66.1 cm³/mol. The zero-order valence-electron chi connectivity index (χ0n) is 10.5. The van der Waals surface area contributed by atoms with Crippen LogP contribution in [0.15, 0.2) is 24.4 Å². The first-order valence-corrected chi connectivity index (χ1v) is 5.49. The summed E-state index contributed by atoms with van der Waals surface area (Å²) < 4.78 is 19.6. The van der Waals surface area contributed by atoms with Crippen molar-refractivity contribution in [3.05, 3.63) is 30.2 Å². The predicted octanol–water partition coefficient (Wildman–Crippen LogP) is 3.48. The number of hydrogen-bond donors (Lipinski definition) is 0. The van der Waals surface area contributed by atoms with Gasteiger partial charge in [0.1, 0.15) is 0 Å². The molecule has 0 radical (unpaired) electrons. The van der Waals surface area contributed by atoms with Gasteiger partial charge in [-0.3, -0.25) is 9.36 Å². The lowest BCUT2D eigenvalue weighted by Crippen LogP contribution is -2.03. The first-order chi connectivity index (χ1) is 8.13. The highest BCUT2D eigenvalue weighted by molar-refractivity contribution is 5.92. The minimum Gasteiger partial charge on any atom is -0.494 e. The molecule has 17 heavy (non-hydrogen) atoms. The molecule has 0 spiro atoms. The van der Waals surface area contributed by atoms with Gasteiger partial charge in [0.05, 0.1) is 12.6 Å². The Bertz CT molecular complexity index is 531. The van der Waals surface area contributed by atoms with Crippen LogP contribution in [-0.2, 0) is 0 Å². The van der Waals surface area contributed by atoms with Crippen molar-refractivity contribution in [1.29, 1.82) is 0 Å². The van der Waals surface area contributed by atoms with Crippen molar-refractivity contribution in [2.24, 2.45) is 0 Å². The van der Waals surface area contributed by atoms with Crippen LogP contribution in [0.5, 0.6) is 5.75 Å². The van der Waals surface area contributed by atoms with Crippen LogP contribution in [0.3, 0.4) is 0 Å². The summed E-state index contributed by atoms with van der Waals surface area (Å²) in [7, 11) is 1.41. The molecule has 0 amide bonds. The van der Waals surface area contributed by atoms with Crippen molar-refractivity contribution in [2.45, 2.75) is 20.8 Å². The number of carbonyl (C=O) groups is 1. The highest BCUT2D eigenvalue weighted by atomic mass is 19.1. The second-order valence-electron chi connectivity index (χ2n) is 3.25. The molecule has 0 unspecified atom stereocenters. The lowest BCUT2D eigenvalue weighted by molar-refractivity contribution is 0.0941. The van der Waals surface area contributed by atoms with E-state index in [1.165, 1.54) is 24.7 Å². The Balaban J connectivity index is 0.000000686. The Morgan fingerprint density at radius 2 is 2.00 bits per heavy atom. The van der Waals surface area contributed by atoms with E-state index in [1.807, 2.05) is 13.8 Å². The highest BCUT2D eigenvalue weighted by Gasteiger charge is 2.09. The molecule has 0 aliphatic carbocycles. The average molecular weight is 237 g/mol. The van der Waals surface area contributed by atoms with Crippen LogP contribution in [0, 0.1) is 5.82 Å². The number of rotatable bonds is 1. The van der Waals surface area contributed by atoms with Gasteiger partial charge in [-0.2, -0.15) is 0 Å². The van der Waals surface area contributed by atoms with Crippen LogP contribution >= 0.6 is 0 Å². The number of fused-ring (bicyclic) bond motifs is 1.